The Morgan fingerprint density at radius 1 is 1.38 bits per heavy atom. The maximum Gasteiger partial charge on any atom is 0.237 e. The second-order valence-corrected chi connectivity index (χ2v) is 4.85. The van der Waals surface area contributed by atoms with Gasteiger partial charge in [-0.05, 0) is 24.3 Å². The lowest BCUT2D eigenvalue weighted by Gasteiger charge is -2.18. The highest BCUT2D eigenvalue weighted by atomic mass is 32.2. The summed E-state index contributed by atoms with van der Waals surface area (Å²) in [5.74, 6) is -0.325. The molecule has 0 radical (unpaired) electrons. The van der Waals surface area contributed by atoms with Gasteiger partial charge in [-0.3, -0.25) is 4.79 Å². The smallest absolute Gasteiger partial charge is 0.237 e. The van der Waals surface area contributed by atoms with Crippen molar-refractivity contribution in [2.45, 2.75) is 19.1 Å². The molecule has 0 aliphatic heterocycles. The van der Waals surface area contributed by atoms with Crippen LogP contribution in [0, 0.1) is 11.7 Å². The number of rotatable bonds is 4. The molecule has 1 aromatic rings. The zero-order valence-corrected chi connectivity index (χ0v) is 10.5. The van der Waals surface area contributed by atoms with E-state index in [1.807, 2.05) is 20.1 Å². The van der Waals surface area contributed by atoms with Gasteiger partial charge in [-0.25, -0.2) is 4.39 Å². The minimum atomic E-state index is -0.403. The molecular formula is C12H16FNOS. The number of halogens is 1. The van der Waals surface area contributed by atoms with Gasteiger partial charge in [0.15, 0.2) is 0 Å². The SMILES string of the molecule is CS[C@@H](C(=O)Nc1ccccc1F)C(C)C. The van der Waals surface area contributed by atoms with Crippen molar-refractivity contribution in [3.8, 4) is 0 Å². The van der Waals surface area contributed by atoms with E-state index in [0.717, 1.165) is 0 Å². The second-order valence-electron chi connectivity index (χ2n) is 3.87. The molecule has 0 heterocycles. The number of carbonyl (C=O) groups excluding carboxylic acids is 1. The van der Waals surface area contributed by atoms with Gasteiger partial charge >= 0.3 is 0 Å². The van der Waals surface area contributed by atoms with E-state index < -0.39 is 5.82 Å². The maximum absolute atomic E-state index is 13.3. The first-order chi connectivity index (χ1) is 7.56. The van der Waals surface area contributed by atoms with Gasteiger partial charge in [0.25, 0.3) is 0 Å². The first-order valence-corrected chi connectivity index (χ1v) is 6.43. The Morgan fingerprint density at radius 3 is 2.50 bits per heavy atom. The Hall–Kier alpha value is -1.03. The number of para-hydroxylation sites is 1. The van der Waals surface area contributed by atoms with Gasteiger partial charge in [-0.15, -0.1) is 0 Å². The van der Waals surface area contributed by atoms with Crippen LogP contribution >= 0.6 is 11.8 Å². The van der Waals surface area contributed by atoms with Gasteiger partial charge in [-0.1, -0.05) is 26.0 Å². The molecule has 1 amide bonds. The predicted molar refractivity (Wildman–Crippen MR) is 67.2 cm³/mol. The molecular weight excluding hydrogens is 225 g/mol. The Labute approximate surface area is 99.6 Å². The summed E-state index contributed by atoms with van der Waals surface area (Å²) in [6.07, 6.45) is 1.88. The van der Waals surface area contributed by atoms with E-state index in [9.17, 15) is 9.18 Å². The molecule has 0 saturated carbocycles. The number of amides is 1. The van der Waals surface area contributed by atoms with Gasteiger partial charge in [-0.2, -0.15) is 11.8 Å². The van der Waals surface area contributed by atoms with E-state index in [2.05, 4.69) is 5.32 Å². The lowest BCUT2D eigenvalue weighted by atomic mass is 10.1. The third-order valence-corrected chi connectivity index (χ3v) is 3.52. The fourth-order valence-corrected chi connectivity index (χ4v) is 2.27. The number of nitrogens with one attached hydrogen (secondary N) is 1. The van der Waals surface area contributed by atoms with Crippen molar-refractivity contribution in [3.05, 3.63) is 30.1 Å². The summed E-state index contributed by atoms with van der Waals surface area (Å²) in [6.45, 7) is 3.95. The van der Waals surface area contributed by atoms with Crippen LogP contribution in [0.2, 0.25) is 0 Å². The number of hydrogen-bond acceptors (Lipinski definition) is 2. The largest absolute Gasteiger partial charge is 0.323 e. The first-order valence-electron chi connectivity index (χ1n) is 5.14. The summed E-state index contributed by atoms with van der Waals surface area (Å²) >= 11 is 1.48. The Morgan fingerprint density at radius 2 is 2.00 bits per heavy atom. The lowest BCUT2D eigenvalue weighted by molar-refractivity contribution is -0.116. The van der Waals surface area contributed by atoms with E-state index >= 15 is 0 Å². The standard InChI is InChI=1S/C12H16FNOS/c1-8(2)11(16-3)12(15)14-10-7-5-4-6-9(10)13/h4-8,11H,1-3H3,(H,14,15)/t11-/m1/s1. The monoisotopic (exact) mass is 241 g/mol. The summed E-state index contributed by atoms with van der Waals surface area (Å²) in [5.41, 5.74) is 0.243. The van der Waals surface area contributed by atoms with Crippen LogP contribution in [0.5, 0.6) is 0 Å². The summed E-state index contributed by atoms with van der Waals surface area (Å²) in [5, 5.41) is 2.45. The van der Waals surface area contributed by atoms with Crippen LogP contribution in [0.3, 0.4) is 0 Å². The number of benzene rings is 1. The number of hydrogen-bond donors (Lipinski definition) is 1. The van der Waals surface area contributed by atoms with E-state index in [4.69, 9.17) is 0 Å². The maximum atomic E-state index is 13.3. The van der Waals surface area contributed by atoms with Crippen molar-refractivity contribution >= 4 is 23.4 Å². The van der Waals surface area contributed by atoms with Crippen molar-refractivity contribution in [1.82, 2.24) is 0 Å². The molecule has 88 valence electrons. The quantitative estimate of drug-likeness (QED) is 0.877. The molecule has 0 saturated heterocycles. The van der Waals surface area contributed by atoms with Crippen molar-refractivity contribution < 1.29 is 9.18 Å². The van der Waals surface area contributed by atoms with Gasteiger partial charge < -0.3 is 5.32 Å². The summed E-state index contributed by atoms with van der Waals surface area (Å²) in [6, 6.07) is 6.19. The Balaban J connectivity index is 2.74. The van der Waals surface area contributed by atoms with Gasteiger partial charge in [0.05, 0.1) is 10.9 Å². The highest BCUT2D eigenvalue weighted by Crippen LogP contribution is 2.20. The van der Waals surface area contributed by atoms with E-state index in [0.29, 0.717) is 0 Å². The van der Waals surface area contributed by atoms with E-state index in [1.165, 1.54) is 17.8 Å². The molecule has 1 atom stereocenters. The molecule has 0 bridgehead atoms. The molecule has 0 unspecified atom stereocenters. The van der Waals surface area contributed by atoms with Crippen LogP contribution in [-0.4, -0.2) is 17.4 Å². The fraction of sp³-hybridized carbons (Fsp3) is 0.417. The fourth-order valence-electron chi connectivity index (χ4n) is 1.45. The number of thioether (sulfide) groups is 1. The molecule has 1 N–H and O–H groups in total. The number of carbonyl (C=O) groups is 1. The van der Waals surface area contributed by atoms with Crippen LogP contribution in [0.25, 0.3) is 0 Å². The molecule has 1 aromatic carbocycles. The molecule has 0 aromatic heterocycles. The zero-order chi connectivity index (χ0) is 12.1. The normalized spacial score (nSPS) is 12.6. The van der Waals surface area contributed by atoms with Crippen molar-refractivity contribution in [3.63, 3.8) is 0 Å². The van der Waals surface area contributed by atoms with Crippen LogP contribution < -0.4 is 5.32 Å². The van der Waals surface area contributed by atoms with E-state index in [1.54, 1.807) is 18.2 Å². The molecule has 0 spiro atoms. The average Bonchev–Trinajstić information content (AvgIpc) is 2.22. The molecule has 1 rings (SSSR count). The van der Waals surface area contributed by atoms with Crippen molar-refractivity contribution in [2.24, 2.45) is 5.92 Å². The van der Waals surface area contributed by atoms with Crippen molar-refractivity contribution in [2.75, 3.05) is 11.6 Å². The Bertz CT molecular complexity index is 368. The topological polar surface area (TPSA) is 29.1 Å². The van der Waals surface area contributed by atoms with Gasteiger partial charge in [0.2, 0.25) is 5.91 Å². The highest BCUT2D eigenvalue weighted by Gasteiger charge is 2.21. The third-order valence-electron chi connectivity index (χ3n) is 2.25. The van der Waals surface area contributed by atoms with E-state index in [-0.39, 0.29) is 22.8 Å². The zero-order valence-electron chi connectivity index (χ0n) is 9.66. The molecule has 0 fully saturated rings. The van der Waals surface area contributed by atoms with Gasteiger partial charge in [0, 0.05) is 0 Å². The molecule has 4 heteroatoms. The average molecular weight is 241 g/mol. The summed E-state index contributed by atoms with van der Waals surface area (Å²) in [7, 11) is 0. The predicted octanol–water partition coefficient (Wildman–Crippen LogP) is 3.15. The van der Waals surface area contributed by atoms with Crippen LogP contribution in [0.4, 0.5) is 10.1 Å². The van der Waals surface area contributed by atoms with Crippen LogP contribution in [-0.2, 0) is 4.79 Å². The third kappa shape index (κ3) is 3.23. The lowest BCUT2D eigenvalue weighted by Crippen LogP contribution is -2.29. The molecule has 2 nitrogen and oxygen atoms in total. The summed E-state index contributed by atoms with van der Waals surface area (Å²) in [4.78, 5) is 11.8. The molecule has 0 aliphatic carbocycles. The highest BCUT2D eigenvalue weighted by molar-refractivity contribution is 7.99. The second kappa shape index (κ2) is 5.89. The minimum Gasteiger partial charge on any atom is -0.323 e. The van der Waals surface area contributed by atoms with Crippen molar-refractivity contribution in [1.29, 1.82) is 0 Å². The van der Waals surface area contributed by atoms with Crippen LogP contribution in [0.15, 0.2) is 24.3 Å². The summed E-state index contributed by atoms with van der Waals surface area (Å²) < 4.78 is 13.3. The minimum absolute atomic E-state index is 0.146. The van der Waals surface area contributed by atoms with Gasteiger partial charge in [0.1, 0.15) is 5.82 Å². The first kappa shape index (κ1) is 13.0. The number of anilines is 1. The molecule has 0 aliphatic rings. The molecule has 16 heavy (non-hydrogen) atoms. The van der Waals surface area contributed by atoms with Crippen LogP contribution in [0.1, 0.15) is 13.8 Å². The Kier molecular flexibility index (Phi) is 4.80.